The van der Waals surface area contributed by atoms with Crippen molar-refractivity contribution in [3.8, 4) is 0 Å². The van der Waals surface area contributed by atoms with E-state index in [-0.39, 0.29) is 34.5 Å². The van der Waals surface area contributed by atoms with Gasteiger partial charge in [0.2, 0.25) is 11.7 Å². The molecule has 1 aliphatic rings. The van der Waals surface area contributed by atoms with E-state index in [9.17, 15) is 14.4 Å². The minimum absolute atomic E-state index is 0.0139. The zero-order valence-electron chi connectivity index (χ0n) is 22.8. The van der Waals surface area contributed by atoms with E-state index in [4.69, 9.17) is 11.6 Å². The van der Waals surface area contributed by atoms with Crippen LogP contribution >= 0.6 is 35.1 Å². The fourth-order valence-electron chi connectivity index (χ4n) is 3.81. The van der Waals surface area contributed by atoms with Gasteiger partial charge in [0.05, 0.1) is 11.1 Å². The van der Waals surface area contributed by atoms with Gasteiger partial charge in [-0.2, -0.15) is 0 Å². The van der Waals surface area contributed by atoms with Gasteiger partial charge in [0.15, 0.2) is 5.78 Å². The minimum Gasteiger partial charge on any atom is -0.289 e. The number of aliphatic imine (C=N–C) groups is 1. The van der Waals surface area contributed by atoms with Crippen LogP contribution in [0.15, 0.2) is 129 Å². The predicted octanol–water partition coefficient (Wildman–Crippen LogP) is 8.62. The summed E-state index contributed by atoms with van der Waals surface area (Å²) in [5.41, 5.74) is 2.04. The number of alkyl halides is 1. The largest absolute Gasteiger partial charge is 0.289 e. The van der Waals surface area contributed by atoms with Crippen molar-refractivity contribution in [2.45, 2.75) is 35.4 Å². The molecule has 0 bridgehead atoms. The highest BCUT2D eigenvalue weighted by molar-refractivity contribution is 8.03. The predicted molar refractivity (Wildman–Crippen MR) is 172 cm³/mol. The smallest absolute Gasteiger partial charge is 0.248 e. The lowest BCUT2D eigenvalue weighted by atomic mass is 10.0. The zero-order chi connectivity index (χ0) is 29.2. The van der Waals surface area contributed by atoms with Crippen molar-refractivity contribution in [3.05, 3.63) is 131 Å². The molecule has 0 spiro atoms. The topological polar surface area (TPSA) is 63.6 Å². The molecule has 4 rings (SSSR count). The Morgan fingerprint density at radius 2 is 1.44 bits per heavy atom. The monoisotopic (exact) mass is 599 g/mol. The summed E-state index contributed by atoms with van der Waals surface area (Å²) in [6.45, 7) is 3.55. The first-order valence-electron chi connectivity index (χ1n) is 13.3. The van der Waals surface area contributed by atoms with Crippen LogP contribution in [0, 0.1) is 5.92 Å². The summed E-state index contributed by atoms with van der Waals surface area (Å²) in [5.74, 6) is -0.256. The van der Waals surface area contributed by atoms with Crippen molar-refractivity contribution in [2.75, 3.05) is 5.75 Å². The molecule has 1 atom stereocenters. The average molecular weight is 600 g/mol. The van der Waals surface area contributed by atoms with E-state index in [2.05, 4.69) is 4.99 Å². The Kier molecular flexibility index (Phi) is 11.1. The number of amides is 1. The first kappa shape index (κ1) is 30.5. The van der Waals surface area contributed by atoms with Gasteiger partial charge in [-0.3, -0.25) is 14.4 Å². The Morgan fingerprint density at radius 1 is 0.829 bits per heavy atom. The second-order valence-electron chi connectivity index (χ2n) is 9.58. The maximum absolute atomic E-state index is 13.4. The lowest BCUT2D eigenvalue weighted by molar-refractivity contribution is -0.120. The molecule has 0 fully saturated rings. The molecule has 0 aromatic heterocycles. The molecule has 0 saturated heterocycles. The van der Waals surface area contributed by atoms with Crippen molar-refractivity contribution >= 4 is 58.3 Å². The van der Waals surface area contributed by atoms with E-state index in [0.717, 1.165) is 14.7 Å². The number of nitrogens with zero attached hydrogens (tertiary/aromatic N) is 1. The minimum atomic E-state index is -0.304. The summed E-state index contributed by atoms with van der Waals surface area (Å²) < 4.78 is 0. The van der Waals surface area contributed by atoms with Gasteiger partial charge in [0, 0.05) is 49.5 Å². The Balaban J connectivity index is 1.41. The number of thioether (sulfide) groups is 1. The maximum atomic E-state index is 13.4. The number of hydrogen-bond donors (Lipinski definition) is 0. The van der Waals surface area contributed by atoms with Crippen LogP contribution in [-0.4, -0.2) is 34.3 Å². The van der Waals surface area contributed by atoms with Gasteiger partial charge >= 0.3 is 0 Å². The third-order valence-corrected chi connectivity index (χ3v) is 8.43. The first-order valence-corrected chi connectivity index (χ1v) is 15.5. The number of ketones is 2. The van der Waals surface area contributed by atoms with E-state index in [1.807, 2.05) is 97.1 Å². The number of allylic oxidation sites excluding steroid dienone is 5. The first-order chi connectivity index (χ1) is 19.8. The standard InChI is InChI=1S/C34H30ClNO3S2/c1-23(2)34(39)36-31(21-22-40-28-10-6-9-27(35)15-20-28)33(38)26-13-18-30(19-14-26)41-29-16-11-25(12-17-29)32(37)24-7-4-3-5-8-24/h3-20,23,27H,21-22H2,1-2H3. The third-order valence-electron chi connectivity index (χ3n) is 6.11. The molecular weight excluding hydrogens is 570 g/mol. The summed E-state index contributed by atoms with van der Waals surface area (Å²) in [6.07, 6.45) is 10.0. The van der Waals surface area contributed by atoms with Crippen LogP contribution in [0.1, 0.15) is 46.5 Å². The molecule has 1 amide bonds. The Hall–Kier alpha value is -3.45. The SMILES string of the molecule is CC(C)C(=O)N=C(CCSC1=CC=CC(Cl)C=C1)C(=O)c1ccc(Sc2ccc(C(=O)c3ccccc3)cc2)cc1. The molecule has 1 unspecified atom stereocenters. The van der Waals surface area contributed by atoms with E-state index in [1.54, 1.807) is 49.5 Å². The van der Waals surface area contributed by atoms with Crippen LogP contribution in [0.2, 0.25) is 0 Å². The average Bonchev–Trinajstić information content (AvgIpc) is 3.20. The second-order valence-corrected chi connectivity index (χ2v) is 12.4. The zero-order valence-corrected chi connectivity index (χ0v) is 25.2. The Labute approximate surface area is 254 Å². The Bertz CT molecular complexity index is 1510. The lowest BCUT2D eigenvalue weighted by Gasteiger charge is -2.09. The van der Waals surface area contributed by atoms with Crippen LogP contribution in [0.4, 0.5) is 0 Å². The van der Waals surface area contributed by atoms with E-state index >= 15 is 0 Å². The molecule has 3 aromatic rings. The van der Waals surface area contributed by atoms with E-state index in [0.29, 0.717) is 28.9 Å². The molecule has 0 N–H and O–H groups in total. The third kappa shape index (κ3) is 9.02. The van der Waals surface area contributed by atoms with Crippen LogP contribution in [0.25, 0.3) is 0 Å². The van der Waals surface area contributed by atoms with Crippen LogP contribution in [0.3, 0.4) is 0 Å². The maximum Gasteiger partial charge on any atom is 0.248 e. The summed E-state index contributed by atoms with van der Waals surface area (Å²) in [7, 11) is 0. The summed E-state index contributed by atoms with van der Waals surface area (Å²) in [4.78, 5) is 45.6. The highest BCUT2D eigenvalue weighted by atomic mass is 35.5. The fraction of sp³-hybridized carbons (Fsp3) is 0.176. The van der Waals surface area contributed by atoms with Gasteiger partial charge in [-0.15, -0.1) is 23.4 Å². The van der Waals surface area contributed by atoms with Crippen molar-refractivity contribution in [3.63, 3.8) is 0 Å². The van der Waals surface area contributed by atoms with Crippen LogP contribution < -0.4 is 0 Å². The van der Waals surface area contributed by atoms with Crippen LogP contribution in [-0.2, 0) is 4.79 Å². The molecule has 208 valence electrons. The quantitative estimate of drug-likeness (QED) is 0.125. The van der Waals surface area contributed by atoms with Crippen molar-refractivity contribution in [1.29, 1.82) is 0 Å². The Morgan fingerprint density at radius 3 is 2.07 bits per heavy atom. The molecule has 3 aromatic carbocycles. The molecule has 0 heterocycles. The fourth-order valence-corrected chi connectivity index (χ4v) is 5.67. The highest BCUT2D eigenvalue weighted by Gasteiger charge is 2.18. The number of Topliss-reactive ketones (excluding diaryl/α,β-unsaturated/α-hetero) is 1. The van der Waals surface area contributed by atoms with Gasteiger partial charge in [-0.05, 0) is 54.6 Å². The number of benzene rings is 3. The lowest BCUT2D eigenvalue weighted by Crippen LogP contribution is -2.19. The van der Waals surface area contributed by atoms with Gasteiger partial charge in [-0.25, -0.2) is 4.99 Å². The molecule has 7 heteroatoms. The van der Waals surface area contributed by atoms with E-state index < -0.39 is 0 Å². The van der Waals surface area contributed by atoms with Gasteiger partial charge in [-0.1, -0.05) is 80.2 Å². The molecule has 0 aliphatic heterocycles. The van der Waals surface area contributed by atoms with Gasteiger partial charge < -0.3 is 0 Å². The van der Waals surface area contributed by atoms with Gasteiger partial charge in [0.1, 0.15) is 0 Å². The molecule has 0 saturated carbocycles. The number of halogens is 1. The second kappa shape index (κ2) is 15.0. The summed E-state index contributed by atoms with van der Waals surface area (Å²) >= 11 is 9.26. The van der Waals surface area contributed by atoms with Gasteiger partial charge in [0.25, 0.3) is 0 Å². The van der Waals surface area contributed by atoms with Crippen LogP contribution in [0.5, 0.6) is 0 Å². The highest BCUT2D eigenvalue weighted by Crippen LogP contribution is 2.29. The van der Waals surface area contributed by atoms with Crippen molar-refractivity contribution in [1.82, 2.24) is 0 Å². The van der Waals surface area contributed by atoms with Crippen molar-refractivity contribution in [2.24, 2.45) is 10.9 Å². The number of hydrogen-bond acceptors (Lipinski definition) is 5. The summed E-state index contributed by atoms with van der Waals surface area (Å²) in [6, 6.07) is 24.0. The molecule has 4 nitrogen and oxygen atoms in total. The number of carbonyl (C=O) groups is 3. The molecule has 0 radical (unpaired) electrons. The molecule has 1 aliphatic carbocycles. The number of carbonyl (C=O) groups excluding carboxylic acids is 3. The number of rotatable bonds is 11. The normalized spacial score (nSPS) is 15.0. The van der Waals surface area contributed by atoms with Crippen molar-refractivity contribution < 1.29 is 14.4 Å². The summed E-state index contributed by atoms with van der Waals surface area (Å²) in [5, 5.41) is -0.143. The molecule has 41 heavy (non-hydrogen) atoms. The van der Waals surface area contributed by atoms with E-state index in [1.165, 1.54) is 0 Å². The molecular formula is C34H30ClNO3S2.